The Balaban J connectivity index is 1.05. The number of aromatic hydroxyl groups is 1. The van der Waals surface area contributed by atoms with Crippen molar-refractivity contribution in [2.45, 2.75) is 255 Å². The van der Waals surface area contributed by atoms with Crippen LogP contribution in [0.15, 0.2) is 109 Å². The summed E-state index contributed by atoms with van der Waals surface area (Å²) in [5, 5.41) is 55.4. The number of ketones is 1. The van der Waals surface area contributed by atoms with Crippen molar-refractivity contribution in [2.24, 2.45) is 23.3 Å². The number of aliphatic hydroxyl groups is 1. The number of primary amides is 2. The molecule has 2 aromatic heterocycles. The van der Waals surface area contributed by atoms with E-state index in [4.69, 9.17) is 11.5 Å². The molecule has 144 heavy (non-hydrogen) atoms. The second-order valence-electron chi connectivity index (χ2n) is 38.1. The van der Waals surface area contributed by atoms with E-state index in [2.05, 4.69) is 68.8 Å². The topological polar surface area (TPSA) is 615 Å². The van der Waals surface area contributed by atoms with Crippen molar-refractivity contribution in [3.8, 4) is 5.75 Å². The van der Waals surface area contributed by atoms with Gasteiger partial charge in [0, 0.05) is 124 Å². The summed E-state index contributed by atoms with van der Waals surface area (Å²) in [6.07, 6.45) is 0.809. The number of aliphatic hydroxyl groups excluding tert-OH is 1. The predicted molar refractivity (Wildman–Crippen MR) is 531 cm³/mol. The number of aromatic nitrogens is 2. The van der Waals surface area contributed by atoms with Gasteiger partial charge < -0.3 is 120 Å². The number of rotatable bonds is 23. The zero-order chi connectivity index (χ0) is 105. The van der Waals surface area contributed by atoms with Gasteiger partial charge in [0.25, 0.3) is 5.91 Å². The normalized spacial score (nSPS) is 24.6. The molecule has 0 radical (unpaired) electrons. The number of para-hydroxylation sites is 2. The number of benzene rings is 4. The molecule has 19 N–H and O–H groups in total. The van der Waals surface area contributed by atoms with Crippen LogP contribution in [0.2, 0.25) is 0 Å². The number of nitrogens with zero attached hydrogens (tertiary/aromatic N) is 6. The molecule has 19 amide bonds. The Bertz CT molecular complexity index is 5710. The number of phenols is 1. The van der Waals surface area contributed by atoms with Crippen molar-refractivity contribution >= 4 is 152 Å². The molecular weight excluding hydrogens is 1880 g/mol. The Labute approximate surface area is 838 Å². The molecule has 44 heteroatoms. The third-order valence-electron chi connectivity index (χ3n) is 26.2. The highest BCUT2D eigenvalue weighted by atomic mass is 32.2. The summed E-state index contributed by atoms with van der Waals surface area (Å²) < 4.78 is 1.68. The van der Waals surface area contributed by atoms with Crippen molar-refractivity contribution in [2.75, 3.05) is 65.4 Å². The van der Waals surface area contributed by atoms with Crippen LogP contribution in [0.1, 0.15) is 176 Å². The molecule has 4 aliphatic rings. The third kappa shape index (κ3) is 30.1. The van der Waals surface area contributed by atoms with E-state index in [1.165, 1.54) is 93.3 Å². The van der Waals surface area contributed by atoms with Gasteiger partial charge in [0.15, 0.2) is 5.78 Å². The van der Waals surface area contributed by atoms with Crippen molar-refractivity contribution in [1.82, 2.24) is 97.9 Å². The maximum Gasteiger partial charge on any atom is 0.251 e. The van der Waals surface area contributed by atoms with Crippen LogP contribution in [0, 0.1) is 11.8 Å². The lowest BCUT2D eigenvalue weighted by atomic mass is 9.99. The van der Waals surface area contributed by atoms with Crippen molar-refractivity contribution in [3.63, 3.8) is 0 Å². The summed E-state index contributed by atoms with van der Waals surface area (Å²) in [5.41, 5.74) is 14.0. The first-order valence-corrected chi connectivity index (χ1v) is 49.9. The molecule has 4 aromatic carbocycles. The van der Waals surface area contributed by atoms with Crippen LogP contribution in [0.3, 0.4) is 0 Å². The number of fused-ring (bicyclic) bond motifs is 11. The van der Waals surface area contributed by atoms with E-state index >= 15 is 47.9 Å². The molecular formula is C100H135N21O22S. The summed E-state index contributed by atoms with van der Waals surface area (Å²) in [4.78, 5) is 303. The van der Waals surface area contributed by atoms with Gasteiger partial charge in [-0.1, -0.05) is 128 Å². The maximum atomic E-state index is 16.1. The second kappa shape index (κ2) is 52.1. The highest BCUT2D eigenvalue weighted by Crippen LogP contribution is 2.30. The van der Waals surface area contributed by atoms with Crippen molar-refractivity contribution in [1.29, 1.82) is 0 Å². The number of phenolic OH excluding ortho intramolecular Hbond substituents is 1. The zero-order valence-corrected chi connectivity index (χ0v) is 83.8. The molecule has 0 spiro atoms. The quantitative estimate of drug-likeness (QED) is 0.0360. The van der Waals surface area contributed by atoms with Crippen LogP contribution in [0.4, 0.5) is 0 Å². The van der Waals surface area contributed by atoms with E-state index in [9.17, 15) is 58.2 Å². The number of carbonyl (C=O) groups is 20. The Morgan fingerprint density at radius 1 is 0.542 bits per heavy atom. The summed E-state index contributed by atoms with van der Waals surface area (Å²) in [6, 6.07) is 2.97. The van der Waals surface area contributed by atoms with Gasteiger partial charge in [0.2, 0.25) is 106 Å². The largest absolute Gasteiger partial charge is 0.508 e. The van der Waals surface area contributed by atoms with Gasteiger partial charge in [-0.3, -0.25) is 95.9 Å². The number of carbonyl (C=O) groups excluding carboxylic acids is 20. The molecule has 3 fully saturated rings. The van der Waals surface area contributed by atoms with Crippen molar-refractivity contribution in [3.05, 3.63) is 137 Å². The Kier molecular flexibility index (Phi) is 40.4. The highest BCUT2D eigenvalue weighted by molar-refractivity contribution is 8.00. The molecule has 0 unspecified atom stereocenters. The van der Waals surface area contributed by atoms with Gasteiger partial charge in [0.05, 0.1) is 24.8 Å². The molecule has 6 heterocycles. The van der Waals surface area contributed by atoms with Gasteiger partial charge in [-0.25, -0.2) is 0 Å². The highest BCUT2D eigenvalue weighted by Gasteiger charge is 2.47. The van der Waals surface area contributed by atoms with Crippen molar-refractivity contribution < 1.29 is 106 Å². The number of hydrogen-bond donors (Lipinski definition) is 17. The van der Waals surface area contributed by atoms with Gasteiger partial charge in [-0.15, -0.1) is 11.8 Å². The van der Waals surface area contributed by atoms with Crippen LogP contribution >= 0.6 is 11.8 Å². The summed E-state index contributed by atoms with van der Waals surface area (Å²) in [6.45, 7) is 10.6. The minimum absolute atomic E-state index is 0.00177. The van der Waals surface area contributed by atoms with Gasteiger partial charge in [-0.05, 0) is 124 Å². The summed E-state index contributed by atoms with van der Waals surface area (Å²) in [7, 11) is 3.96. The summed E-state index contributed by atoms with van der Waals surface area (Å²) in [5.74, 6) is -19.7. The third-order valence-corrected chi connectivity index (χ3v) is 27.2. The number of nitrogens with two attached hydrogens (primary N) is 2. The molecule has 4 bridgehead atoms. The van der Waals surface area contributed by atoms with E-state index in [1.54, 1.807) is 93.2 Å². The number of amides is 19. The van der Waals surface area contributed by atoms with Crippen LogP contribution in [-0.4, -0.2) is 318 Å². The monoisotopic (exact) mass is 2010 g/mol. The second-order valence-corrected chi connectivity index (χ2v) is 39.1. The number of unbranched alkanes of at least 4 members (excludes halogenated alkanes) is 2. The molecule has 15 atom stereocenters. The fourth-order valence-corrected chi connectivity index (χ4v) is 19.0. The summed E-state index contributed by atoms with van der Waals surface area (Å²) >= 11 is 0.782. The number of H-pyrrole nitrogens is 1. The molecule has 10 rings (SSSR count). The Morgan fingerprint density at radius 3 is 1.80 bits per heavy atom. The first-order chi connectivity index (χ1) is 68.4. The van der Waals surface area contributed by atoms with Gasteiger partial charge in [-0.2, -0.15) is 0 Å². The van der Waals surface area contributed by atoms with Crippen LogP contribution < -0.4 is 75.3 Å². The molecule has 3 saturated heterocycles. The SMILES string of the molecule is CCCC[C@H]1C(=O)N(C)[C@@H](CCCC)C(=O)N[C@@H](CC(C)C)C(=O)N[C@H](C(=O)NCC(N)=O)CSCC(=O)N[C@@H](Cc2ccc(O)cc2)C(=O)N(C)[C@@H](C)C(=O)N[C@@H](CC(N)=O)C(=O)N2CCC[C@H]2C(=O)N[C@@H](CNC(=O)c2ccc(C(C)=O)cc2)C(=O)N[C@@H](CC(C)C)C(=O)N2C[C@H](O)C[C@H]2C(=O)N[C@@H](Cc2c[nH]c3ccccc23)C(=O)N[C@H]2CCNC(=O)Cn3cc(c4ccccc43)C[C@H](NC2=O)C(=O)N1C. The fraction of sp³-hybridized carbons (Fsp3) is 0.520. The smallest absolute Gasteiger partial charge is 0.251 e. The van der Waals surface area contributed by atoms with Gasteiger partial charge >= 0.3 is 0 Å². The lowest BCUT2D eigenvalue weighted by Gasteiger charge is -2.36. The molecule has 4 aliphatic heterocycles. The average Bonchev–Trinajstić information content (AvgIpc) is 1.63. The predicted octanol–water partition coefficient (Wildman–Crippen LogP) is -0.478. The van der Waals surface area contributed by atoms with E-state index in [0.717, 1.165) is 26.5 Å². The fourth-order valence-electron chi connectivity index (χ4n) is 18.2. The molecule has 43 nitrogen and oxygen atoms in total. The standard InChI is InChI=1S/C100H135N21O22S/c1-12-14-24-78-93(136)109-69(39-54(3)4)90(133)115-76(88(131)106-48-83(102)126)52-144-53-85(128)107-72(41-58-28-34-63(123)35-29-58)96(139)116(9)56(7)86(129)111-74(45-82(101)125)98(141)120-38-20-27-79(120)94(137)114-75(47-105-87(130)60-32-30-59(31-33-60)57(8)122)92(135)112-71(40-55(5)6)99(142)121-50-64(124)44-81(121)95(138)110-70(42-61-46-104-67-23-18-16-21-65(61)67)91(134)108-68-36-37-103-84(127)51-119-49-62(66-22-17-19-26-77(66)119)43-73(113-89(68)132)97(140)118(11)80(25-15-13-2)100(143)117(78)10/h16-19,21-23,26,28-35,46,49,54-56,64,68-76,78-81,104,123-124H,12-15,20,24-25,27,36-45,47-48,50-53H2,1-11H3,(H2,101,125)(H2,102,126)(H,103,127)(H,105,130)(H,106,131)(H,107,128)(H,108,134)(H,109,136)(H,110,138)(H,111,129)(H,112,135)(H,113,132)(H,114,137)(H,115,133)/t56-,64+,68-,69-,70-,71-,72-,73-,74-,75-,76-,78-,79-,80-,81-/m0/s1. The van der Waals surface area contributed by atoms with Crippen LogP contribution in [0.25, 0.3) is 21.8 Å². The number of Topliss-reactive ketones (excluding diaryl/α,β-unsaturated/α-hetero) is 1. The first-order valence-electron chi connectivity index (χ1n) is 48.7. The lowest BCUT2D eigenvalue weighted by molar-refractivity contribution is -0.149. The minimum Gasteiger partial charge on any atom is -0.508 e. The number of likely N-dealkylation sites (N-methyl/N-ethyl adjacent to an activating group) is 3. The van der Waals surface area contributed by atoms with Gasteiger partial charge in [0.1, 0.15) is 96.9 Å². The lowest BCUT2D eigenvalue weighted by Crippen LogP contribution is -2.62. The van der Waals surface area contributed by atoms with E-state index in [1.807, 2.05) is 13.8 Å². The minimum atomic E-state index is -1.84. The zero-order valence-electron chi connectivity index (χ0n) is 83.0. The number of aromatic amines is 1. The number of hydrogen-bond acceptors (Lipinski definition) is 23. The number of thioether (sulfide) groups is 1. The maximum absolute atomic E-state index is 16.1. The Morgan fingerprint density at radius 2 is 1.13 bits per heavy atom. The molecule has 0 saturated carbocycles. The molecule has 6 aromatic rings. The van der Waals surface area contributed by atoms with E-state index < -0.39 is 253 Å². The average molecular weight is 2020 g/mol. The number of nitrogens with one attached hydrogen (secondary N) is 13. The van der Waals surface area contributed by atoms with Crippen LogP contribution in [0.5, 0.6) is 5.75 Å². The molecule has 0 aliphatic carbocycles. The van der Waals surface area contributed by atoms with Crippen LogP contribution in [-0.2, 0) is 112 Å². The van der Waals surface area contributed by atoms with E-state index in [-0.39, 0.29) is 112 Å². The Hall–Kier alpha value is -14.3. The first kappa shape index (κ1) is 112. The van der Waals surface area contributed by atoms with E-state index in [0.29, 0.717) is 64.2 Å². The molecule has 778 valence electrons.